The quantitative estimate of drug-likeness (QED) is 0.645. The maximum atomic E-state index is 12.3. The van der Waals surface area contributed by atoms with Crippen LogP contribution in [0.25, 0.3) is 11.2 Å². The number of thioether (sulfide) groups is 1. The molecule has 1 amide bonds. The van der Waals surface area contributed by atoms with Crippen molar-refractivity contribution in [2.24, 2.45) is 21.1 Å². The summed E-state index contributed by atoms with van der Waals surface area (Å²) in [6.07, 6.45) is 0. The lowest BCUT2D eigenvalue weighted by Gasteiger charge is -2.09. The number of hydrogen-bond donors (Lipinski definition) is 1. The Labute approximate surface area is 158 Å². The number of carbonyl (C=O) groups is 1. The molecule has 0 unspecified atom stereocenters. The molecule has 1 aromatic carbocycles. The number of benzene rings is 1. The normalized spacial score (nSPS) is 11.0. The largest absolute Gasteiger partial charge is 0.495 e. The molecule has 3 rings (SSSR count). The Balaban J connectivity index is 1.83. The van der Waals surface area contributed by atoms with Gasteiger partial charge in [0.25, 0.3) is 5.56 Å². The van der Waals surface area contributed by atoms with E-state index in [1.54, 1.807) is 36.9 Å². The van der Waals surface area contributed by atoms with E-state index >= 15 is 0 Å². The zero-order chi connectivity index (χ0) is 19.7. The number of nitrogens with zero attached hydrogens (tertiary/aromatic N) is 4. The number of nitrogens with one attached hydrogen (secondary N) is 1. The van der Waals surface area contributed by atoms with Gasteiger partial charge in [0.05, 0.1) is 18.6 Å². The van der Waals surface area contributed by atoms with Gasteiger partial charge in [0.15, 0.2) is 16.3 Å². The first kappa shape index (κ1) is 18.8. The average molecular weight is 389 g/mol. The third-order valence-corrected chi connectivity index (χ3v) is 5.17. The van der Waals surface area contributed by atoms with E-state index in [0.29, 0.717) is 22.2 Å². The molecule has 0 spiro atoms. The van der Waals surface area contributed by atoms with E-state index in [1.165, 1.54) is 30.5 Å². The van der Waals surface area contributed by atoms with Gasteiger partial charge in [0.2, 0.25) is 5.91 Å². The van der Waals surface area contributed by atoms with Crippen LogP contribution in [0.5, 0.6) is 5.75 Å². The molecule has 2 heterocycles. The van der Waals surface area contributed by atoms with E-state index in [0.717, 1.165) is 4.57 Å². The number of imidazole rings is 1. The topological polar surface area (TPSA) is 100 Å². The highest BCUT2D eigenvalue weighted by Crippen LogP contribution is 2.24. The summed E-state index contributed by atoms with van der Waals surface area (Å²) in [5, 5.41) is 3.25. The third-order valence-electron chi connectivity index (χ3n) is 4.14. The molecule has 142 valence electrons. The molecule has 2 aromatic heterocycles. The number of aromatic nitrogens is 4. The van der Waals surface area contributed by atoms with Gasteiger partial charge in [-0.05, 0) is 12.1 Å². The summed E-state index contributed by atoms with van der Waals surface area (Å²) < 4.78 is 9.22. The predicted molar refractivity (Wildman–Crippen MR) is 104 cm³/mol. The fourth-order valence-corrected chi connectivity index (χ4v) is 3.52. The third kappa shape index (κ3) is 3.35. The van der Waals surface area contributed by atoms with Gasteiger partial charge >= 0.3 is 5.69 Å². The van der Waals surface area contributed by atoms with E-state index in [9.17, 15) is 14.4 Å². The van der Waals surface area contributed by atoms with Gasteiger partial charge < -0.3 is 14.6 Å². The molecule has 10 heteroatoms. The molecule has 9 nitrogen and oxygen atoms in total. The minimum absolute atomic E-state index is 0.0868. The van der Waals surface area contributed by atoms with Crippen molar-refractivity contribution in [2.75, 3.05) is 18.2 Å². The lowest BCUT2D eigenvalue weighted by molar-refractivity contribution is -0.113. The second-order valence-corrected chi connectivity index (χ2v) is 6.81. The van der Waals surface area contributed by atoms with E-state index in [1.807, 2.05) is 6.07 Å². The summed E-state index contributed by atoms with van der Waals surface area (Å²) in [5.41, 5.74) is 0.285. The Hall–Kier alpha value is -3.01. The monoisotopic (exact) mass is 389 g/mol. The fourth-order valence-electron chi connectivity index (χ4n) is 2.75. The number of para-hydroxylation sites is 2. The number of hydrogen-bond acceptors (Lipinski definition) is 6. The van der Waals surface area contributed by atoms with Crippen molar-refractivity contribution in [3.8, 4) is 5.75 Å². The Morgan fingerprint density at radius 3 is 2.56 bits per heavy atom. The molecular formula is C17H19N5O4S. The standard InChI is InChI=1S/C17H19N5O4S/c1-20-14-13(15(24)22(3)17(25)21(14)2)19-16(20)27-9-12(23)18-10-7-5-6-8-11(10)26-4/h5-8H,9H2,1-4H3,(H,18,23). The first-order chi connectivity index (χ1) is 12.8. The van der Waals surface area contributed by atoms with Gasteiger partial charge in [-0.15, -0.1) is 0 Å². The Kier molecular flexibility index (Phi) is 5.08. The highest BCUT2D eigenvalue weighted by molar-refractivity contribution is 7.99. The number of carbonyl (C=O) groups excluding carboxylic acids is 1. The summed E-state index contributed by atoms with van der Waals surface area (Å²) in [5.74, 6) is 0.416. The van der Waals surface area contributed by atoms with Crippen LogP contribution >= 0.6 is 11.8 Å². The predicted octanol–water partition coefficient (Wildman–Crippen LogP) is 0.710. The summed E-state index contributed by atoms with van der Waals surface area (Å²) >= 11 is 1.18. The molecule has 0 aliphatic carbocycles. The molecule has 27 heavy (non-hydrogen) atoms. The first-order valence-corrected chi connectivity index (χ1v) is 9.01. The van der Waals surface area contributed by atoms with Crippen LogP contribution in [0.2, 0.25) is 0 Å². The maximum absolute atomic E-state index is 12.3. The van der Waals surface area contributed by atoms with Crippen molar-refractivity contribution in [2.45, 2.75) is 5.16 Å². The average Bonchev–Trinajstić information content (AvgIpc) is 3.00. The van der Waals surface area contributed by atoms with Crippen LogP contribution in [0.3, 0.4) is 0 Å². The highest BCUT2D eigenvalue weighted by atomic mass is 32.2. The molecule has 0 fully saturated rings. The van der Waals surface area contributed by atoms with Crippen LogP contribution in [0.15, 0.2) is 39.0 Å². The summed E-state index contributed by atoms with van der Waals surface area (Å²) in [4.78, 5) is 41.0. The van der Waals surface area contributed by atoms with E-state index < -0.39 is 11.2 Å². The zero-order valence-corrected chi connectivity index (χ0v) is 16.2. The van der Waals surface area contributed by atoms with Gasteiger partial charge in [0.1, 0.15) is 5.75 Å². The molecule has 0 aliphatic heterocycles. The number of ether oxygens (including phenoxy) is 1. The lowest BCUT2D eigenvalue weighted by Crippen LogP contribution is -2.37. The van der Waals surface area contributed by atoms with Gasteiger partial charge in [-0.2, -0.15) is 0 Å². The van der Waals surface area contributed by atoms with Crippen molar-refractivity contribution in [3.63, 3.8) is 0 Å². The van der Waals surface area contributed by atoms with Crippen LogP contribution in [-0.2, 0) is 25.9 Å². The van der Waals surface area contributed by atoms with Gasteiger partial charge in [-0.3, -0.25) is 18.7 Å². The molecule has 0 saturated carbocycles. The summed E-state index contributed by atoms with van der Waals surface area (Å²) in [7, 11) is 6.22. The zero-order valence-electron chi connectivity index (χ0n) is 15.3. The first-order valence-electron chi connectivity index (χ1n) is 8.03. The minimum atomic E-state index is -0.464. The smallest absolute Gasteiger partial charge is 0.332 e. The molecule has 1 N–H and O–H groups in total. The number of amides is 1. The van der Waals surface area contributed by atoms with Gasteiger partial charge in [0, 0.05) is 21.1 Å². The van der Waals surface area contributed by atoms with E-state index in [4.69, 9.17) is 4.74 Å². The van der Waals surface area contributed by atoms with Crippen molar-refractivity contribution in [1.82, 2.24) is 18.7 Å². The highest BCUT2D eigenvalue weighted by Gasteiger charge is 2.18. The number of anilines is 1. The van der Waals surface area contributed by atoms with Crippen LogP contribution in [0.1, 0.15) is 0 Å². The molecule has 0 radical (unpaired) electrons. The SMILES string of the molecule is COc1ccccc1NC(=O)CSc1nc2c(=O)n(C)c(=O)n(C)c2n1C. The Bertz CT molecular complexity index is 1140. The van der Waals surface area contributed by atoms with Crippen molar-refractivity contribution in [3.05, 3.63) is 45.1 Å². The second-order valence-electron chi connectivity index (χ2n) is 5.87. The van der Waals surface area contributed by atoms with Crippen LogP contribution in [-0.4, -0.2) is 37.5 Å². The molecule has 3 aromatic rings. The van der Waals surface area contributed by atoms with Crippen LogP contribution in [0.4, 0.5) is 5.69 Å². The van der Waals surface area contributed by atoms with Crippen molar-refractivity contribution >= 4 is 34.5 Å². The second kappa shape index (κ2) is 7.31. The molecular weight excluding hydrogens is 370 g/mol. The van der Waals surface area contributed by atoms with Crippen LogP contribution < -0.4 is 21.3 Å². The Morgan fingerprint density at radius 2 is 1.85 bits per heavy atom. The minimum Gasteiger partial charge on any atom is -0.495 e. The van der Waals surface area contributed by atoms with Crippen molar-refractivity contribution < 1.29 is 9.53 Å². The van der Waals surface area contributed by atoms with Gasteiger partial charge in [-0.1, -0.05) is 23.9 Å². The van der Waals surface area contributed by atoms with Crippen molar-refractivity contribution in [1.29, 1.82) is 0 Å². The Morgan fingerprint density at radius 1 is 1.15 bits per heavy atom. The van der Waals surface area contributed by atoms with E-state index in [-0.39, 0.29) is 17.2 Å². The van der Waals surface area contributed by atoms with Crippen LogP contribution in [0, 0.1) is 0 Å². The number of fused-ring (bicyclic) bond motifs is 1. The van der Waals surface area contributed by atoms with Gasteiger partial charge in [-0.25, -0.2) is 9.78 Å². The molecule has 0 bridgehead atoms. The lowest BCUT2D eigenvalue weighted by atomic mass is 10.3. The fraction of sp³-hybridized carbons (Fsp3) is 0.294. The summed E-state index contributed by atoms with van der Waals surface area (Å²) in [6.45, 7) is 0. The number of methoxy groups -OCH3 is 1. The molecule has 0 saturated heterocycles. The number of aryl methyl sites for hydroxylation is 2. The molecule has 0 atom stereocenters. The number of rotatable bonds is 5. The van der Waals surface area contributed by atoms with E-state index in [2.05, 4.69) is 10.3 Å². The molecule has 0 aliphatic rings. The summed E-state index contributed by atoms with van der Waals surface area (Å²) in [6, 6.07) is 7.11. The maximum Gasteiger partial charge on any atom is 0.332 e.